The van der Waals surface area contributed by atoms with Crippen LogP contribution in [0.15, 0.2) is 12.1 Å². The third-order valence-electron chi connectivity index (χ3n) is 3.70. The lowest BCUT2D eigenvalue weighted by molar-refractivity contribution is -0.0288. The fourth-order valence-electron chi connectivity index (χ4n) is 2.65. The Hall–Kier alpha value is -0.0900. The van der Waals surface area contributed by atoms with E-state index in [1.54, 1.807) is 11.3 Å². The summed E-state index contributed by atoms with van der Waals surface area (Å²) >= 11 is 7.66. The molecule has 0 saturated heterocycles. The predicted molar refractivity (Wildman–Crippen MR) is 78.6 cm³/mol. The second kappa shape index (κ2) is 6.90. The highest BCUT2D eigenvalue weighted by atomic mass is 35.5. The minimum Gasteiger partial charge on any atom is -0.378 e. The van der Waals surface area contributed by atoms with E-state index in [9.17, 15) is 0 Å². The van der Waals surface area contributed by atoms with Crippen LogP contribution < -0.4 is 5.32 Å². The number of rotatable bonds is 7. The number of halogens is 1. The van der Waals surface area contributed by atoms with Crippen LogP contribution >= 0.6 is 22.9 Å². The highest BCUT2D eigenvalue weighted by Crippen LogP contribution is 2.34. The van der Waals surface area contributed by atoms with Crippen molar-refractivity contribution in [3.63, 3.8) is 0 Å². The van der Waals surface area contributed by atoms with Crippen molar-refractivity contribution >= 4 is 22.9 Å². The van der Waals surface area contributed by atoms with Crippen LogP contribution in [0.2, 0.25) is 4.34 Å². The van der Waals surface area contributed by atoms with Gasteiger partial charge in [0, 0.05) is 17.5 Å². The summed E-state index contributed by atoms with van der Waals surface area (Å²) < 4.78 is 6.50. The fourth-order valence-corrected chi connectivity index (χ4v) is 3.82. The molecule has 18 heavy (non-hydrogen) atoms. The molecule has 0 aromatic carbocycles. The molecule has 1 fully saturated rings. The first-order valence-corrected chi connectivity index (χ1v) is 7.93. The maximum atomic E-state index is 5.97. The van der Waals surface area contributed by atoms with Crippen LogP contribution in [0, 0.1) is 5.92 Å². The standard InChI is InChI=1S/C14H22ClNOS/c1-3-17-12-7-10(8-12)6-11(16-2)9-13-4-5-14(15)18-13/h4-5,10-12,16H,3,6-9H2,1-2H3. The summed E-state index contributed by atoms with van der Waals surface area (Å²) in [5.41, 5.74) is 0. The zero-order chi connectivity index (χ0) is 13.0. The number of likely N-dealkylation sites (N-methyl/N-ethyl adjacent to an activating group) is 1. The molecule has 1 N–H and O–H groups in total. The number of nitrogens with one attached hydrogen (secondary N) is 1. The number of hydrogen-bond acceptors (Lipinski definition) is 3. The summed E-state index contributed by atoms with van der Waals surface area (Å²) in [6.07, 6.45) is 5.32. The van der Waals surface area contributed by atoms with Gasteiger partial charge in [0.25, 0.3) is 0 Å². The van der Waals surface area contributed by atoms with Gasteiger partial charge in [-0.25, -0.2) is 0 Å². The monoisotopic (exact) mass is 287 g/mol. The van der Waals surface area contributed by atoms with Gasteiger partial charge in [-0.3, -0.25) is 0 Å². The molecule has 1 aliphatic carbocycles. The van der Waals surface area contributed by atoms with E-state index in [0.29, 0.717) is 12.1 Å². The van der Waals surface area contributed by atoms with E-state index < -0.39 is 0 Å². The Kier molecular flexibility index (Phi) is 5.49. The summed E-state index contributed by atoms with van der Waals surface area (Å²) in [6, 6.07) is 4.69. The summed E-state index contributed by atoms with van der Waals surface area (Å²) in [7, 11) is 2.05. The molecule has 102 valence electrons. The molecule has 0 radical (unpaired) electrons. The van der Waals surface area contributed by atoms with E-state index in [-0.39, 0.29) is 0 Å². The van der Waals surface area contributed by atoms with Crippen LogP contribution in [0.25, 0.3) is 0 Å². The Bertz CT molecular complexity index is 362. The average molecular weight is 288 g/mol. The van der Waals surface area contributed by atoms with E-state index in [2.05, 4.69) is 25.4 Å². The number of hydrogen-bond donors (Lipinski definition) is 1. The molecule has 1 atom stereocenters. The van der Waals surface area contributed by atoms with Gasteiger partial charge in [0.1, 0.15) is 0 Å². The van der Waals surface area contributed by atoms with Crippen LogP contribution in [0.4, 0.5) is 0 Å². The predicted octanol–water partition coefficient (Wildman–Crippen LogP) is 3.74. The molecule has 2 rings (SSSR count). The van der Waals surface area contributed by atoms with Gasteiger partial charge < -0.3 is 10.1 Å². The first kappa shape index (κ1) is 14.3. The van der Waals surface area contributed by atoms with Crippen molar-refractivity contribution < 1.29 is 4.74 Å². The molecule has 2 nitrogen and oxygen atoms in total. The van der Waals surface area contributed by atoms with Crippen molar-refractivity contribution in [2.24, 2.45) is 5.92 Å². The smallest absolute Gasteiger partial charge is 0.0931 e. The quantitative estimate of drug-likeness (QED) is 0.825. The lowest BCUT2D eigenvalue weighted by atomic mass is 9.77. The maximum Gasteiger partial charge on any atom is 0.0931 e. The van der Waals surface area contributed by atoms with Gasteiger partial charge in [-0.1, -0.05) is 11.6 Å². The Balaban J connectivity index is 1.73. The van der Waals surface area contributed by atoms with Crippen molar-refractivity contribution in [1.29, 1.82) is 0 Å². The van der Waals surface area contributed by atoms with E-state index in [1.165, 1.54) is 24.1 Å². The molecule has 0 amide bonds. The van der Waals surface area contributed by atoms with E-state index in [0.717, 1.165) is 23.3 Å². The zero-order valence-electron chi connectivity index (χ0n) is 11.1. The number of thiophene rings is 1. The Morgan fingerprint density at radius 1 is 1.50 bits per heavy atom. The molecule has 0 aliphatic heterocycles. The van der Waals surface area contributed by atoms with Crippen LogP contribution in [0.3, 0.4) is 0 Å². The minimum atomic E-state index is 0.522. The van der Waals surface area contributed by atoms with E-state index >= 15 is 0 Å². The normalized spacial score (nSPS) is 24.8. The van der Waals surface area contributed by atoms with Gasteiger partial charge in [0.15, 0.2) is 0 Å². The lowest BCUT2D eigenvalue weighted by Crippen LogP contribution is -2.37. The van der Waals surface area contributed by atoms with Crippen molar-refractivity contribution in [2.75, 3.05) is 13.7 Å². The molecule has 1 aromatic rings. The molecular formula is C14H22ClNOS. The van der Waals surface area contributed by atoms with Gasteiger partial charge in [-0.2, -0.15) is 0 Å². The highest BCUT2D eigenvalue weighted by molar-refractivity contribution is 7.16. The third-order valence-corrected chi connectivity index (χ3v) is 4.95. The third kappa shape index (κ3) is 3.95. The SMILES string of the molecule is CCOC1CC(CC(Cc2ccc(Cl)s2)NC)C1. The van der Waals surface area contributed by atoms with Crippen LogP contribution in [0.1, 0.15) is 31.1 Å². The maximum absolute atomic E-state index is 5.97. The van der Waals surface area contributed by atoms with E-state index in [1.807, 2.05) is 6.07 Å². The van der Waals surface area contributed by atoms with Crippen LogP contribution in [-0.2, 0) is 11.2 Å². The zero-order valence-corrected chi connectivity index (χ0v) is 12.7. The van der Waals surface area contributed by atoms with Gasteiger partial charge in [-0.05, 0) is 57.7 Å². The first-order valence-electron chi connectivity index (χ1n) is 6.74. The topological polar surface area (TPSA) is 21.3 Å². The largest absolute Gasteiger partial charge is 0.378 e. The van der Waals surface area contributed by atoms with Gasteiger partial charge >= 0.3 is 0 Å². The number of ether oxygens (including phenoxy) is 1. The van der Waals surface area contributed by atoms with Gasteiger partial charge in [-0.15, -0.1) is 11.3 Å². The van der Waals surface area contributed by atoms with Crippen molar-refractivity contribution in [3.05, 3.63) is 21.3 Å². The molecule has 1 saturated carbocycles. The second-order valence-electron chi connectivity index (χ2n) is 5.05. The van der Waals surface area contributed by atoms with E-state index in [4.69, 9.17) is 16.3 Å². The Morgan fingerprint density at radius 2 is 2.28 bits per heavy atom. The molecule has 1 unspecified atom stereocenters. The van der Waals surface area contributed by atoms with Crippen molar-refractivity contribution in [1.82, 2.24) is 5.32 Å². The molecule has 1 aliphatic rings. The second-order valence-corrected chi connectivity index (χ2v) is 6.85. The average Bonchev–Trinajstić information content (AvgIpc) is 2.70. The lowest BCUT2D eigenvalue weighted by Gasteiger charge is -2.37. The fraction of sp³-hybridized carbons (Fsp3) is 0.714. The van der Waals surface area contributed by atoms with Crippen molar-refractivity contribution in [3.8, 4) is 0 Å². The molecule has 1 aromatic heterocycles. The van der Waals surface area contributed by atoms with Crippen LogP contribution in [0.5, 0.6) is 0 Å². The molecular weight excluding hydrogens is 266 g/mol. The Morgan fingerprint density at radius 3 is 2.83 bits per heavy atom. The summed E-state index contributed by atoms with van der Waals surface area (Å²) in [5, 5.41) is 3.43. The van der Waals surface area contributed by atoms with Gasteiger partial charge in [0.05, 0.1) is 10.4 Å². The molecule has 1 heterocycles. The molecule has 0 bridgehead atoms. The van der Waals surface area contributed by atoms with Crippen molar-refractivity contribution in [2.45, 2.75) is 44.8 Å². The minimum absolute atomic E-state index is 0.522. The summed E-state index contributed by atoms with van der Waals surface area (Å²) in [6.45, 7) is 2.92. The summed E-state index contributed by atoms with van der Waals surface area (Å²) in [4.78, 5) is 1.38. The Labute approximate surface area is 119 Å². The summed E-state index contributed by atoms with van der Waals surface area (Å²) in [5.74, 6) is 0.828. The highest BCUT2D eigenvalue weighted by Gasteiger charge is 2.31. The molecule has 4 heteroatoms. The first-order chi connectivity index (χ1) is 8.71. The van der Waals surface area contributed by atoms with Crippen LogP contribution in [-0.4, -0.2) is 25.8 Å². The molecule has 0 spiro atoms. The van der Waals surface area contributed by atoms with Gasteiger partial charge in [0.2, 0.25) is 0 Å².